The number of rotatable bonds is 8. The van der Waals surface area contributed by atoms with Gasteiger partial charge < -0.3 is 15.0 Å². The van der Waals surface area contributed by atoms with Crippen molar-refractivity contribution in [2.75, 3.05) is 26.0 Å². The zero-order valence-corrected chi connectivity index (χ0v) is 16.1. The molecule has 0 unspecified atom stereocenters. The van der Waals surface area contributed by atoms with Gasteiger partial charge in [0.05, 0.1) is 7.11 Å². The zero-order valence-electron chi connectivity index (χ0n) is 16.1. The summed E-state index contributed by atoms with van der Waals surface area (Å²) in [4.78, 5) is 22.6. The molecule has 2 heterocycles. The molecule has 0 saturated heterocycles. The van der Waals surface area contributed by atoms with E-state index < -0.39 is 0 Å². The third-order valence-electron chi connectivity index (χ3n) is 4.47. The van der Waals surface area contributed by atoms with E-state index in [1.54, 1.807) is 43.7 Å². The molecule has 1 aromatic carbocycles. The van der Waals surface area contributed by atoms with E-state index in [1.807, 2.05) is 42.5 Å². The molecule has 3 aromatic rings. The van der Waals surface area contributed by atoms with Gasteiger partial charge in [0.2, 0.25) is 0 Å². The van der Waals surface area contributed by atoms with Crippen LogP contribution in [0.3, 0.4) is 0 Å². The van der Waals surface area contributed by atoms with Gasteiger partial charge in [0.25, 0.3) is 5.91 Å². The molecule has 0 atom stereocenters. The van der Waals surface area contributed by atoms with Crippen LogP contribution >= 0.6 is 0 Å². The van der Waals surface area contributed by atoms with Crippen molar-refractivity contribution < 1.29 is 9.53 Å². The fourth-order valence-corrected chi connectivity index (χ4v) is 2.75. The van der Waals surface area contributed by atoms with Crippen LogP contribution in [0.15, 0.2) is 67.1 Å². The average Bonchev–Trinajstić information content (AvgIpc) is 2.76. The van der Waals surface area contributed by atoms with Crippen molar-refractivity contribution in [3.63, 3.8) is 0 Å². The molecule has 0 radical (unpaired) electrons. The second-order valence-corrected chi connectivity index (χ2v) is 6.46. The van der Waals surface area contributed by atoms with E-state index in [1.165, 1.54) is 0 Å². The van der Waals surface area contributed by atoms with E-state index in [4.69, 9.17) is 4.74 Å². The molecule has 6 heteroatoms. The molecule has 0 aliphatic rings. The van der Waals surface area contributed by atoms with Gasteiger partial charge in [-0.15, -0.1) is 0 Å². The molecule has 0 saturated carbocycles. The van der Waals surface area contributed by atoms with Gasteiger partial charge >= 0.3 is 0 Å². The molecule has 28 heavy (non-hydrogen) atoms. The minimum atomic E-state index is -0.0952. The summed E-state index contributed by atoms with van der Waals surface area (Å²) < 4.78 is 5.17. The lowest BCUT2D eigenvalue weighted by molar-refractivity contribution is 0.0791. The molecule has 144 valence electrons. The Morgan fingerprint density at radius 1 is 1.04 bits per heavy atom. The molecule has 2 aromatic heterocycles. The number of anilines is 1. The number of aromatic nitrogens is 2. The van der Waals surface area contributed by atoms with Crippen molar-refractivity contribution >= 4 is 11.6 Å². The van der Waals surface area contributed by atoms with Crippen molar-refractivity contribution in [1.82, 2.24) is 14.9 Å². The fourth-order valence-electron chi connectivity index (χ4n) is 2.75. The highest BCUT2D eigenvalue weighted by molar-refractivity contribution is 5.93. The van der Waals surface area contributed by atoms with E-state index in [9.17, 15) is 4.79 Å². The number of ether oxygens (including phenoxy) is 1. The first-order valence-electron chi connectivity index (χ1n) is 9.13. The van der Waals surface area contributed by atoms with Gasteiger partial charge in [-0.1, -0.05) is 12.1 Å². The monoisotopic (exact) mass is 376 g/mol. The molecular weight excluding hydrogens is 352 g/mol. The summed E-state index contributed by atoms with van der Waals surface area (Å²) in [5.41, 5.74) is 3.56. The lowest BCUT2D eigenvalue weighted by Gasteiger charge is -2.17. The predicted molar refractivity (Wildman–Crippen MR) is 109 cm³/mol. The maximum absolute atomic E-state index is 12.7. The van der Waals surface area contributed by atoms with Gasteiger partial charge in [0.1, 0.15) is 11.4 Å². The largest absolute Gasteiger partial charge is 0.497 e. The van der Waals surface area contributed by atoms with Crippen LogP contribution in [0.4, 0.5) is 5.69 Å². The van der Waals surface area contributed by atoms with Crippen LogP contribution < -0.4 is 10.1 Å². The number of nitrogens with zero attached hydrogens (tertiary/aromatic N) is 3. The summed E-state index contributed by atoms with van der Waals surface area (Å²) in [5.74, 6) is 0.734. The van der Waals surface area contributed by atoms with Crippen molar-refractivity contribution in [1.29, 1.82) is 0 Å². The van der Waals surface area contributed by atoms with Gasteiger partial charge in [-0.2, -0.15) is 0 Å². The second kappa shape index (κ2) is 9.50. The van der Waals surface area contributed by atoms with E-state index in [-0.39, 0.29) is 5.91 Å². The minimum Gasteiger partial charge on any atom is -0.497 e. The Labute approximate surface area is 165 Å². The highest BCUT2D eigenvalue weighted by Crippen LogP contribution is 2.15. The molecule has 1 amide bonds. The summed E-state index contributed by atoms with van der Waals surface area (Å²) in [5, 5.41) is 3.33. The smallest absolute Gasteiger partial charge is 0.272 e. The summed E-state index contributed by atoms with van der Waals surface area (Å²) in [6.07, 6.45) is 5.95. The number of likely N-dealkylation sites (N-methyl/N-ethyl adjacent to an activating group) is 1. The van der Waals surface area contributed by atoms with Crippen LogP contribution in [0.1, 0.15) is 21.6 Å². The van der Waals surface area contributed by atoms with Gasteiger partial charge in [0.15, 0.2) is 0 Å². The van der Waals surface area contributed by atoms with Gasteiger partial charge in [-0.25, -0.2) is 0 Å². The lowest BCUT2D eigenvalue weighted by atomic mass is 10.2. The topological polar surface area (TPSA) is 67.3 Å². The summed E-state index contributed by atoms with van der Waals surface area (Å²) in [6.45, 7) is 1.27. The summed E-state index contributed by atoms with van der Waals surface area (Å²) >= 11 is 0. The second-order valence-electron chi connectivity index (χ2n) is 6.46. The average molecular weight is 376 g/mol. The number of hydrogen-bond acceptors (Lipinski definition) is 5. The maximum Gasteiger partial charge on any atom is 0.272 e. The SMILES string of the molecule is COc1ccc(CNc2ccnc(C(=O)N(C)CCc3ccncc3)c2)cc1. The number of nitrogens with one attached hydrogen (secondary N) is 1. The zero-order chi connectivity index (χ0) is 19.8. The fraction of sp³-hybridized carbons (Fsp3) is 0.227. The Hall–Kier alpha value is -3.41. The molecule has 0 spiro atoms. The Balaban J connectivity index is 1.57. The van der Waals surface area contributed by atoms with Crippen LogP contribution in [0.5, 0.6) is 5.75 Å². The standard InChI is InChI=1S/C22H24N4O2/c1-26(14-10-17-7-11-23-12-8-17)22(27)21-15-19(9-13-24-21)25-16-18-3-5-20(28-2)6-4-18/h3-9,11-13,15H,10,14,16H2,1-2H3,(H,24,25). The van der Waals surface area contributed by atoms with Crippen LogP contribution in [-0.2, 0) is 13.0 Å². The molecule has 0 fully saturated rings. The number of hydrogen-bond donors (Lipinski definition) is 1. The van der Waals surface area contributed by atoms with Crippen molar-refractivity contribution in [3.8, 4) is 5.75 Å². The van der Waals surface area contributed by atoms with E-state index >= 15 is 0 Å². The Morgan fingerprint density at radius 2 is 1.79 bits per heavy atom. The van der Waals surface area contributed by atoms with Gasteiger partial charge in [-0.3, -0.25) is 14.8 Å². The number of pyridine rings is 2. The number of benzene rings is 1. The molecule has 0 aliphatic carbocycles. The third-order valence-corrected chi connectivity index (χ3v) is 4.47. The first kappa shape index (κ1) is 19.4. The van der Waals surface area contributed by atoms with Crippen molar-refractivity contribution in [2.24, 2.45) is 0 Å². The first-order valence-corrected chi connectivity index (χ1v) is 9.13. The minimum absolute atomic E-state index is 0.0952. The lowest BCUT2D eigenvalue weighted by Crippen LogP contribution is -2.29. The highest BCUT2D eigenvalue weighted by Gasteiger charge is 2.13. The Kier molecular flexibility index (Phi) is 6.57. The van der Waals surface area contributed by atoms with Gasteiger partial charge in [0, 0.05) is 44.4 Å². The van der Waals surface area contributed by atoms with Crippen molar-refractivity contribution in [3.05, 3.63) is 83.9 Å². The first-order chi connectivity index (χ1) is 13.7. The third kappa shape index (κ3) is 5.30. The Bertz CT molecular complexity index is 898. The molecule has 1 N–H and O–H groups in total. The normalized spacial score (nSPS) is 10.4. The maximum atomic E-state index is 12.7. The number of amides is 1. The van der Waals surface area contributed by atoms with Crippen molar-refractivity contribution in [2.45, 2.75) is 13.0 Å². The highest BCUT2D eigenvalue weighted by atomic mass is 16.5. The summed E-state index contributed by atoms with van der Waals surface area (Å²) in [7, 11) is 3.44. The van der Waals surface area contributed by atoms with Crippen LogP contribution in [0.2, 0.25) is 0 Å². The van der Waals surface area contributed by atoms with Gasteiger partial charge in [-0.05, 0) is 53.9 Å². The number of carbonyl (C=O) groups is 1. The van der Waals surface area contributed by atoms with E-state index in [0.29, 0.717) is 18.8 Å². The van der Waals surface area contributed by atoms with E-state index in [2.05, 4.69) is 15.3 Å². The molecule has 3 rings (SSSR count). The molecule has 6 nitrogen and oxygen atoms in total. The van der Waals surface area contributed by atoms with Crippen LogP contribution in [-0.4, -0.2) is 41.5 Å². The Morgan fingerprint density at radius 3 is 2.50 bits per heavy atom. The number of methoxy groups -OCH3 is 1. The molecule has 0 bridgehead atoms. The van der Waals surface area contributed by atoms with Crippen LogP contribution in [0, 0.1) is 0 Å². The molecule has 0 aliphatic heterocycles. The van der Waals surface area contributed by atoms with Crippen LogP contribution in [0.25, 0.3) is 0 Å². The molecular formula is C22H24N4O2. The van der Waals surface area contributed by atoms with E-state index in [0.717, 1.165) is 29.0 Å². The quantitative estimate of drug-likeness (QED) is 0.653. The summed E-state index contributed by atoms with van der Waals surface area (Å²) in [6, 6.07) is 15.4. The number of carbonyl (C=O) groups excluding carboxylic acids is 1. The predicted octanol–water partition coefficient (Wildman–Crippen LogP) is 3.41.